The summed E-state index contributed by atoms with van der Waals surface area (Å²) in [5.74, 6) is -0.708. The van der Waals surface area contributed by atoms with Crippen molar-refractivity contribution >= 4 is 32.4 Å². The van der Waals surface area contributed by atoms with Crippen LogP contribution >= 0.6 is 11.3 Å². The Morgan fingerprint density at radius 2 is 1.93 bits per heavy atom. The number of anilines is 1. The van der Waals surface area contributed by atoms with Gasteiger partial charge in [-0.15, -0.1) is 0 Å². The van der Waals surface area contributed by atoms with Gasteiger partial charge in [-0.3, -0.25) is 15.1 Å². The molecule has 0 aromatic carbocycles. The first kappa shape index (κ1) is 20.2. The highest BCUT2D eigenvalue weighted by Gasteiger charge is 2.26. The van der Waals surface area contributed by atoms with E-state index in [0.717, 1.165) is 16.3 Å². The zero-order valence-electron chi connectivity index (χ0n) is 15.8. The number of sulfonamides is 1. The summed E-state index contributed by atoms with van der Waals surface area (Å²) in [7, 11) is -3.86. The molecule has 0 spiro atoms. The molecule has 0 bridgehead atoms. The molecule has 148 valence electrons. The summed E-state index contributed by atoms with van der Waals surface area (Å²) in [4.78, 5) is 21.9. The lowest BCUT2D eigenvalue weighted by Gasteiger charge is -2.18. The molecule has 3 rings (SSSR count). The van der Waals surface area contributed by atoms with Crippen molar-refractivity contribution in [2.24, 2.45) is 0 Å². The standard InChI is InChI=1S/C18H20N4O4S2/c1-11-15(12-7-5-6-10-19-12)27-17(20-11)21-16(23)13-8-9-14(26-13)28(24,25)22-18(2,3)4/h5-10,22H,1-4H3,(H,20,21,23). The Bertz CT molecular complexity index is 1100. The van der Waals surface area contributed by atoms with Crippen LogP contribution < -0.4 is 10.0 Å². The van der Waals surface area contributed by atoms with Crippen LogP contribution in [0.25, 0.3) is 10.6 Å². The molecule has 3 heterocycles. The third-order valence-corrected chi connectivity index (χ3v) is 6.15. The minimum absolute atomic E-state index is 0.124. The number of pyridine rings is 1. The van der Waals surface area contributed by atoms with Crippen molar-refractivity contribution in [1.82, 2.24) is 14.7 Å². The van der Waals surface area contributed by atoms with E-state index in [2.05, 4.69) is 20.0 Å². The second-order valence-corrected chi connectivity index (χ2v) is 9.69. The van der Waals surface area contributed by atoms with E-state index in [-0.39, 0.29) is 10.9 Å². The van der Waals surface area contributed by atoms with Gasteiger partial charge in [0, 0.05) is 11.7 Å². The van der Waals surface area contributed by atoms with Crippen molar-refractivity contribution in [3.63, 3.8) is 0 Å². The minimum atomic E-state index is -3.86. The lowest BCUT2D eigenvalue weighted by atomic mass is 10.1. The number of amides is 1. The number of aryl methyl sites for hydroxylation is 1. The second-order valence-electron chi connectivity index (χ2n) is 7.08. The van der Waals surface area contributed by atoms with Crippen LogP contribution in [-0.4, -0.2) is 29.8 Å². The van der Waals surface area contributed by atoms with Crippen molar-refractivity contribution in [3.8, 4) is 10.6 Å². The molecule has 0 aliphatic carbocycles. The molecule has 28 heavy (non-hydrogen) atoms. The molecule has 8 nitrogen and oxygen atoms in total. The number of carbonyl (C=O) groups is 1. The predicted octanol–water partition coefficient (Wildman–Crippen LogP) is 3.44. The van der Waals surface area contributed by atoms with Crippen molar-refractivity contribution in [2.75, 3.05) is 5.32 Å². The fourth-order valence-corrected chi connectivity index (χ4v) is 4.68. The van der Waals surface area contributed by atoms with Crippen LogP contribution in [0.3, 0.4) is 0 Å². The Balaban J connectivity index is 1.77. The fraction of sp³-hybridized carbons (Fsp3) is 0.278. The summed E-state index contributed by atoms with van der Waals surface area (Å²) in [6.07, 6.45) is 1.68. The summed E-state index contributed by atoms with van der Waals surface area (Å²) < 4.78 is 32.3. The molecule has 1 amide bonds. The van der Waals surface area contributed by atoms with Crippen molar-refractivity contribution < 1.29 is 17.6 Å². The Morgan fingerprint density at radius 3 is 2.57 bits per heavy atom. The van der Waals surface area contributed by atoms with E-state index >= 15 is 0 Å². The average molecular weight is 421 g/mol. The van der Waals surface area contributed by atoms with E-state index in [1.165, 1.54) is 23.5 Å². The molecule has 0 saturated carbocycles. The SMILES string of the molecule is Cc1nc(NC(=O)c2ccc(S(=O)(=O)NC(C)(C)C)o2)sc1-c1ccccn1. The molecule has 2 N–H and O–H groups in total. The minimum Gasteiger partial charge on any atom is -0.438 e. The normalized spacial score (nSPS) is 12.1. The third-order valence-electron chi connectivity index (χ3n) is 3.43. The number of thiazole rings is 1. The Labute approximate surface area is 167 Å². The summed E-state index contributed by atoms with van der Waals surface area (Å²) in [6.45, 7) is 6.97. The Morgan fingerprint density at radius 1 is 1.18 bits per heavy atom. The van der Waals surface area contributed by atoms with Gasteiger partial charge in [0.1, 0.15) is 0 Å². The highest BCUT2D eigenvalue weighted by atomic mass is 32.2. The van der Waals surface area contributed by atoms with Crippen LogP contribution in [0.15, 0.2) is 46.0 Å². The van der Waals surface area contributed by atoms with Crippen LogP contribution in [0.1, 0.15) is 37.0 Å². The number of aromatic nitrogens is 2. The first-order valence-corrected chi connectivity index (χ1v) is 10.7. The van der Waals surface area contributed by atoms with Crippen molar-refractivity contribution in [2.45, 2.75) is 38.3 Å². The smallest absolute Gasteiger partial charge is 0.293 e. The van der Waals surface area contributed by atoms with E-state index in [9.17, 15) is 13.2 Å². The molecule has 0 unspecified atom stereocenters. The molecule has 0 radical (unpaired) electrons. The van der Waals surface area contributed by atoms with E-state index in [4.69, 9.17) is 4.42 Å². The number of carbonyl (C=O) groups excluding carboxylic acids is 1. The van der Waals surface area contributed by atoms with Crippen LogP contribution in [0.2, 0.25) is 0 Å². The predicted molar refractivity (Wildman–Crippen MR) is 107 cm³/mol. The van der Waals surface area contributed by atoms with Crippen LogP contribution in [-0.2, 0) is 10.0 Å². The lowest BCUT2D eigenvalue weighted by Crippen LogP contribution is -2.40. The first-order valence-electron chi connectivity index (χ1n) is 8.39. The van der Waals surface area contributed by atoms with E-state index in [1.54, 1.807) is 27.0 Å². The summed E-state index contributed by atoms with van der Waals surface area (Å²) >= 11 is 1.28. The van der Waals surface area contributed by atoms with Gasteiger partial charge < -0.3 is 4.42 Å². The van der Waals surface area contributed by atoms with Crippen LogP contribution in [0.4, 0.5) is 5.13 Å². The van der Waals surface area contributed by atoms with Crippen LogP contribution in [0.5, 0.6) is 0 Å². The maximum absolute atomic E-state index is 12.4. The maximum Gasteiger partial charge on any atom is 0.293 e. The van der Waals surface area contributed by atoms with Crippen LogP contribution in [0, 0.1) is 6.92 Å². The van der Waals surface area contributed by atoms with Gasteiger partial charge in [0.2, 0.25) is 5.09 Å². The zero-order valence-corrected chi connectivity index (χ0v) is 17.4. The molecule has 3 aromatic heterocycles. The van der Waals surface area contributed by atoms with Gasteiger partial charge in [0.25, 0.3) is 15.9 Å². The summed E-state index contributed by atoms with van der Waals surface area (Å²) in [6, 6.07) is 8.11. The molecule has 3 aromatic rings. The number of nitrogens with one attached hydrogen (secondary N) is 2. The number of rotatable bonds is 5. The van der Waals surface area contributed by atoms with E-state index in [1.807, 2.05) is 25.1 Å². The second kappa shape index (κ2) is 7.46. The van der Waals surface area contributed by atoms with Gasteiger partial charge in [-0.1, -0.05) is 17.4 Å². The van der Waals surface area contributed by atoms with Gasteiger partial charge in [-0.05, 0) is 52.0 Å². The molecule has 0 aliphatic rings. The first-order chi connectivity index (χ1) is 13.0. The summed E-state index contributed by atoms with van der Waals surface area (Å²) in [5, 5.41) is 2.68. The lowest BCUT2D eigenvalue weighted by molar-refractivity contribution is 0.0991. The molecule has 0 atom stereocenters. The zero-order chi connectivity index (χ0) is 20.5. The Hall–Kier alpha value is -2.56. The fourth-order valence-electron chi connectivity index (χ4n) is 2.38. The maximum atomic E-state index is 12.4. The molecular weight excluding hydrogens is 400 g/mol. The summed E-state index contributed by atoms with van der Waals surface area (Å²) in [5.41, 5.74) is 0.822. The molecule has 0 aliphatic heterocycles. The molecular formula is C18H20N4O4S2. The largest absolute Gasteiger partial charge is 0.438 e. The average Bonchev–Trinajstić information content (AvgIpc) is 3.21. The molecule has 10 heteroatoms. The number of hydrogen-bond acceptors (Lipinski definition) is 7. The van der Waals surface area contributed by atoms with E-state index in [0.29, 0.717) is 5.13 Å². The highest BCUT2D eigenvalue weighted by molar-refractivity contribution is 7.89. The van der Waals surface area contributed by atoms with Gasteiger partial charge >= 0.3 is 0 Å². The highest BCUT2D eigenvalue weighted by Crippen LogP contribution is 2.31. The third kappa shape index (κ3) is 4.64. The Kier molecular flexibility index (Phi) is 5.37. The van der Waals surface area contributed by atoms with Gasteiger partial charge in [0.05, 0.1) is 16.3 Å². The monoisotopic (exact) mass is 420 g/mol. The van der Waals surface area contributed by atoms with Crippen molar-refractivity contribution in [1.29, 1.82) is 0 Å². The molecule has 0 saturated heterocycles. The topological polar surface area (TPSA) is 114 Å². The van der Waals surface area contributed by atoms with Gasteiger partial charge in [0.15, 0.2) is 10.9 Å². The number of hydrogen-bond donors (Lipinski definition) is 2. The van der Waals surface area contributed by atoms with E-state index < -0.39 is 21.5 Å². The van der Waals surface area contributed by atoms with Gasteiger partial charge in [-0.2, -0.15) is 0 Å². The van der Waals surface area contributed by atoms with Gasteiger partial charge in [-0.25, -0.2) is 18.1 Å². The number of nitrogens with zero attached hydrogens (tertiary/aromatic N) is 2. The molecule has 0 fully saturated rings. The van der Waals surface area contributed by atoms with Crippen molar-refractivity contribution in [3.05, 3.63) is 48.0 Å². The number of furan rings is 1. The quantitative estimate of drug-likeness (QED) is 0.653.